The van der Waals surface area contributed by atoms with E-state index in [0.717, 1.165) is 18.5 Å². The molecule has 1 aromatic heterocycles. The highest BCUT2D eigenvalue weighted by Gasteiger charge is 2.24. The van der Waals surface area contributed by atoms with Gasteiger partial charge in [0, 0.05) is 10.2 Å². The lowest BCUT2D eigenvalue weighted by atomic mass is 10.2. The molecular weight excluding hydrogens is 428 g/mol. The Labute approximate surface area is 158 Å². The number of esters is 1. The lowest BCUT2D eigenvalue weighted by Gasteiger charge is -2.12. The predicted molar refractivity (Wildman–Crippen MR) is 95.6 cm³/mol. The molecule has 1 aromatic carbocycles. The summed E-state index contributed by atoms with van der Waals surface area (Å²) in [5.74, 6) is -1.43. The van der Waals surface area contributed by atoms with Crippen molar-refractivity contribution >= 4 is 37.8 Å². The van der Waals surface area contributed by atoms with Crippen LogP contribution < -0.4 is 10.3 Å². The average Bonchev–Trinajstić information content (AvgIpc) is 2.89. The second-order valence-electron chi connectivity index (χ2n) is 5.37. The molecule has 0 radical (unpaired) electrons. The van der Waals surface area contributed by atoms with E-state index in [1.807, 2.05) is 4.83 Å². The Kier molecular flexibility index (Phi) is 6.16. The van der Waals surface area contributed by atoms with Crippen molar-refractivity contribution in [1.29, 1.82) is 0 Å². The summed E-state index contributed by atoms with van der Waals surface area (Å²) in [5, 5.41) is 4.12. The third kappa shape index (κ3) is 4.68. The average molecular weight is 445 g/mol. The molecule has 0 aliphatic heterocycles. The first kappa shape index (κ1) is 20.1. The number of nitrogens with one attached hydrogen (secondary N) is 2. The van der Waals surface area contributed by atoms with E-state index in [2.05, 4.69) is 31.2 Å². The molecule has 2 N–H and O–H groups in total. The molecule has 0 aliphatic rings. The smallest absolute Gasteiger partial charge is 0.339 e. The summed E-state index contributed by atoms with van der Waals surface area (Å²) in [4.78, 5) is 25.4. The van der Waals surface area contributed by atoms with Gasteiger partial charge in [-0.15, -0.1) is 4.83 Å². The van der Waals surface area contributed by atoms with Gasteiger partial charge in [-0.25, -0.2) is 13.2 Å². The van der Waals surface area contributed by atoms with E-state index in [-0.39, 0.29) is 17.0 Å². The molecule has 0 saturated heterocycles. The van der Waals surface area contributed by atoms with Gasteiger partial charge in [-0.05, 0) is 38.1 Å². The number of carbonyl (C=O) groups excluding carboxylic acids is 2. The number of benzene rings is 1. The highest BCUT2D eigenvalue weighted by atomic mass is 79.9. The van der Waals surface area contributed by atoms with Crippen LogP contribution in [0.25, 0.3) is 0 Å². The van der Waals surface area contributed by atoms with E-state index in [1.165, 1.54) is 22.9 Å². The Morgan fingerprint density at radius 1 is 1.27 bits per heavy atom. The zero-order chi connectivity index (χ0) is 19.5. The number of hydrogen-bond acceptors (Lipinski definition) is 6. The summed E-state index contributed by atoms with van der Waals surface area (Å²) in [6.07, 6.45) is 0. The van der Waals surface area contributed by atoms with E-state index in [1.54, 1.807) is 19.9 Å². The maximum Gasteiger partial charge on any atom is 0.339 e. The van der Waals surface area contributed by atoms with Crippen molar-refractivity contribution in [3.63, 3.8) is 0 Å². The molecule has 2 aromatic rings. The molecule has 1 heterocycles. The van der Waals surface area contributed by atoms with Gasteiger partial charge in [-0.1, -0.05) is 15.9 Å². The molecular formula is C15H17BrN4O5S. The Morgan fingerprint density at radius 2 is 1.96 bits per heavy atom. The highest BCUT2D eigenvalue weighted by molar-refractivity contribution is 9.10. The fourth-order valence-electron chi connectivity index (χ4n) is 2.20. The van der Waals surface area contributed by atoms with Crippen LogP contribution >= 0.6 is 15.9 Å². The minimum Gasteiger partial charge on any atom is -0.465 e. The Hall–Kier alpha value is -2.24. The van der Waals surface area contributed by atoms with Gasteiger partial charge in [0.05, 0.1) is 23.3 Å². The standard InChI is InChI=1S/C15H17BrN4O5S/c1-9-6-10(2)20(18-9)8-14(21)17-19-26(23,24)13-5-4-11(16)7-12(13)15(22)25-3/h4-7,19H,8H2,1-3H3,(H,17,21). The summed E-state index contributed by atoms with van der Waals surface area (Å²) in [6.45, 7) is 3.40. The molecule has 0 saturated carbocycles. The summed E-state index contributed by atoms with van der Waals surface area (Å²) in [7, 11) is -3.05. The van der Waals surface area contributed by atoms with Crippen LogP contribution in [0.15, 0.2) is 33.6 Å². The van der Waals surface area contributed by atoms with Crippen LogP contribution in [0.1, 0.15) is 21.7 Å². The summed E-state index contributed by atoms with van der Waals surface area (Å²) in [6, 6.07) is 5.80. The van der Waals surface area contributed by atoms with Gasteiger partial charge in [-0.3, -0.25) is 14.9 Å². The number of ether oxygens (including phenoxy) is 1. The zero-order valence-corrected chi connectivity index (χ0v) is 16.6. The predicted octanol–water partition coefficient (Wildman–Crippen LogP) is 1.06. The van der Waals surface area contributed by atoms with Gasteiger partial charge < -0.3 is 4.74 Å². The van der Waals surface area contributed by atoms with Gasteiger partial charge in [0.1, 0.15) is 6.54 Å². The van der Waals surface area contributed by atoms with Crippen molar-refractivity contribution in [2.45, 2.75) is 25.3 Å². The van der Waals surface area contributed by atoms with Gasteiger partial charge >= 0.3 is 5.97 Å². The quantitative estimate of drug-likeness (QED) is 0.507. The second-order valence-corrected chi connectivity index (χ2v) is 7.94. The van der Waals surface area contributed by atoms with Crippen LogP contribution in [0, 0.1) is 13.8 Å². The minimum atomic E-state index is -4.19. The third-order valence-corrected chi connectivity index (χ3v) is 5.16. The van der Waals surface area contributed by atoms with Crippen LogP contribution in [0.3, 0.4) is 0 Å². The number of methoxy groups -OCH3 is 1. The number of halogens is 1. The molecule has 140 valence electrons. The second kappa shape index (κ2) is 7.98. The number of carbonyl (C=O) groups is 2. The molecule has 0 spiro atoms. The largest absolute Gasteiger partial charge is 0.465 e. The number of rotatable bonds is 6. The van der Waals surface area contributed by atoms with Crippen molar-refractivity contribution in [2.75, 3.05) is 7.11 Å². The summed E-state index contributed by atoms with van der Waals surface area (Å²) in [5.41, 5.74) is 3.45. The molecule has 2 rings (SSSR count). The Balaban J connectivity index is 2.15. The molecule has 0 atom stereocenters. The molecule has 9 nitrogen and oxygen atoms in total. The van der Waals surface area contributed by atoms with Gasteiger partial charge in [-0.2, -0.15) is 5.10 Å². The van der Waals surface area contributed by atoms with Crippen molar-refractivity contribution < 1.29 is 22.7 Å². The highest BCUT2D eigenvalue weighted by Crippen LogP contribution is 2.21. The van der Waals surface area contributed by atoms with Gasteiger partial charge in [0.15, 0.2) is 0 Å². The SMILES string of the molecule is COC(=O)c1cc(Br)ccc1S(=O)(=O)NNC(=O)Cn1nc(C)cc1C. The number of aryl methyl sites for hydroxylation is 2. The monoisotopic (exact) mass is 444 g/mol. The van der Waals surface area contributed by atoms with E-state index in [0.29, 0.717) is 4.47 Å². The third-order valence-electron chi connectivity index (χ3n) is 3.36. The van der Waals surface area contributed by atoms with Crippen LogP contribution in [0.2, 0.25) is 0 Å². The number of aromatic nitrogens is 2. The maximum atomic E-state index is 12.4. The van der Waals surface area contributed by atoms with E-state index >= 15 is 0 Å². The molecule has 1 amide bonds. The van der Waals surface area contributed by atoms with Crippen LogP contribution in [0.5, 0.6) is 0 Å². The van der Waals surface area contributed by atoms with Crippen LogP contribution in [-0.4, -0.2) is 37.2 Å². The lowest BCUT2D eigenvalue weighted by molar-refractivity contribution is -0.122. The number of hydrazine groups is 1. The zero-order valence-electron chi connectivity index (χ0n) is 14.2. The molecule has 0 bridgehead atoms. The molecule has 26 heavy (non-hydrogen) atoms. The van der Waals surface area contributed by atoms with Gasteiger partial charge in [0.25, 0.3) is 15.9 Å². The van der Waals surface area contributed by atoms with Crippen LogP contribution in [-0.2, 0) is 26.1 Å². The number of hydrogen-bond donors (Lipinski definition) is 2. The summed E-state index contributed by atoms with van der Waals surface area (Å²) >= 11 is 3.17. The fraction of sp³-hybridized carbons (Fsp3) is 0.267. The number of nitrogens with zero attached hydrogens (tertiary/aromatic N) is 2. The van der Waals surface area contributed by atoms with Crippen LogP contribution in [0.4, 0.5) is 0 Å². The fourth-order valence-corrected chi connectivity index (χ4v) is 3.59. The normalized spacial score (nSPS) is 11.2. The summed E-state index contributed by atoms with van der Waals surface area (Å²) < 4.78 is 31.4. The first-order valence-corrected chi connectivity index (χ1v) is 9.61. The molecule has 0 fully saturated rings. The van der Waals surface area contributed by atoms with Crippen molar-refractivity contribution in [3.8, 4) is 0 Å². The van der Waals surface area contributed by atoms with Crippen molar-refractivity contribution in [1.82, 2.24) is 20.0 Å². The molecule has 0 aliphatic carbocycles. The number of sulfonamides is 1. The topological polar surface area (TPSA) is 119 Å². The minimum absolute atomic E-state index is 0.160. The van der Waals surface area contributed by atoms with Gasteiger partial charge in [0.2, 0.25) is 0 Å². The van der Waals surface area contributed by atoms with Crippen molar-refractivity contribution in [3.05, 3.63) is 45.7 Å². The maximum absolute atomic E-state index is 12.4. The van der Waals surface area contributed by atoms with Crippen molar-refractivity contribution in [2.24, 2.45) is 0 Å². The first-order valence-electron chi connectivity index (χ1n) is 7.33. The number of amides is 1. The van der Waals surface area contributed by atoms with E-state index in [4.69, 9.17) is 0 Å². The molecule has 11 heteroatoms. The van der Waals surface area contributed by atoms with E-state index in [9.17, 15) is 18.0 Å². The first-order chi connectivity index (χ1) is 12.1. The lowest BCUT2D eigenvalue weighted by Crippen LogP contribution is -2.43. The molecule has 0 unspecified atom stereocenters. The van der Waals surface area contributed by atoms with E-state index < -0.39 is 21.9 Å². The Bertz CT molecular complexity index is 955. The Morgan fingerprint density at radius 3 is 2.54 bits per heavy atom.